The SMILES string of the molecule is CC1(C)C2CCC1(CS(=O)(=O)NC(CS(C)(=O)=O)C(=O)NCC#N)C(=O)C2. The van der Waals surface area contributed by atoms with E-state index in [1.54, 1.807) is 6.07 Å². The van der Waals surface area contributed by atoms with Crippen molar-refractivity contribution in [3.63, 3.8) is 0 Å². The van der Waals surface area contributed by atoms with Gasteiger partial charge in [-0.2, -0.15) is 5.26 Å². The van der Waals surface area contributed by atoms with Crippen LogP contribution < -0.4 is 10.0 Å². The van der Waals surface area contributed by atoms with E-state index >= 15 is 0 Å². The summed E-state index contributed by atoms with van der Waals surface area (Å²) in [6.45, 7) is 3.40. The van der Waals surface area contributed by atoms with Crippen molar-refractivity contribution in [3.8, 4) is 6.07 Å². The first-order valence-corrected chi connectivity index (χ1v) is 12.3. The predicted octanol–water partition coefficient (Wildman–Crippen LogP) is -0.646. The molecule has 1 amide bonds. The number of carbonyl (C=O) groups excluding carboxylic acids is 2. The molecule has 2 bridgehead atoms. The molecule has 0 spiro atoms. The lowest BCUT2D eigenvalue weighted by Crippen LogP contribution is -2.53. The molecule has 3 unspecified atom stereocenters. The molecular weight excluding hydrogens is 394 g/mol. The van der Waals surface area contributed by atoms with Crippen molar-refractivity contribution in [1.82, 2.24) is 10.0 Å². The Labute approximate surface area is 159 Å². The van der Waals surface area contributed by atoms with Crippen molar-refractivity contribution in [2.45, 2.75) is 39.2 Å². The third kappa shape index (κ3) is 4.33. The van der Waals surface area contributed by atoms with Crippen molar-refractivity contribution >= 4 is 31.6 Å². The second-order valence-corrected chi connectivity index (χ2v) is 12.0. The predicted molar refractivity (Wildman–Crippen MR) is 97.6 cm³/mol. The number of sulfone groups is 1. The van der Waals surface area contributed by atoms with Crippen LogP contribution in [0.4, 0.5) is 0 Å². The summed E-state index contributed by atoms with van der Waals surface area (Å²) in [5, 5.41) is 10.7. The molecule has 2 rings (SSSR count). The average Bonchev–Trinajstić information content (AvgIpc) is 2.84. The van der Waals surface area contributed by atoms with Crippen LogP contribution in [-0.4, -0.2) is 58.9 Å². The normalized spacial score (nSPS) is 27.9. The topological polar surface area (TPSA) is 150 Å². The zero-order valence-electron chi connectivity index (χ0n) is 15.6. The summed E-state index contributed by atoms with van der Waals surface area (Å²) >= 11 is 0. The van der Waals surface area contributed by atoms with Crippen molar-refractivity contribution in [1.29, 1.82) is 5.26 Å². The highest BCUT2D eigenvalue weighted by molar-refractivity contribution is 7.91. The molecule has 0 radical (unpaired) electrons. The number of nitriles is 1. The van der Waals surface area contributed by atoms with E-state index in [4.69, 9.17) is 5.26 Å². The van der Waals surface area contributed by atoms with Gasteiger partial charge in [0.15, 0.2) is 0 Å². The Morgan fingerprint density at radius 3 is 2.41 bits per heavy atom. The van der Waals surface area contributed by atoms with Crippen LogP contribution in [0.3, 0.4) is 0 Å². The van der Waals surface area contributed by atoms with Gasteiger partial charge < -0.3 is 5.32 Å². The lowest BCUT2D eigenvalue weighted by molar-refractivity contribution is -0.128. The minimum atomic E-state index is -4.13. The summed E-state index contributed by atoms with van der Waals surface area (Å²) < 4.78 is 50.9. The highest BCUT2D eigenvalue weighted by atomic mass is 32.2. The fourth-order valence-electron chi connectivity index (χ4n) is 4.41. The van der Waals surface area contributed by atoms with E-state index in [9.17, 15) is 26.4 Å². The number of nitrogens with zero attached hydrogens (tertiary/aromatic N) is 1. The number of rotatable bonds is 8. The molecule has 152 valence electrons. The van der Waals surface area contributed by atoms with E-state index in [0.29, 0.717) is 12.8 Å². The standard InChI is InChI=1S/C16H25N3O6S2/c1-15(2)11-4-5-16(15,13(20)8-11)10-27(24,25)19-12(9-26(3,22)23)14(21)18-7-6-17/h11-12,19H,4-5,7-10H2,1-3H3,(H,18,21). The molecule has 0 aromatic heterocycles. The van der Waals surface area contributed by atoms with Crippen LogP contribution in [0.5, 0.6) is 0 Å². The Hall–Kier alpha value is -1.51. The smallest absolute Gasteiger partial charge is 0.240 e. The molecule has 2 N–H and O–H groups in total. The number of sulfonamides is 1. The lowest BCUT2D eigenvalue weighted by atomic mass is 9.70. The van der Waals surface area contributed by atoms with Crippen LogP contribution in [-0.2, 0) is 29.4 Å². The van der Waals surface area contributed by atoms with Crippen LogP contribution in [0.25, 0.3) is 0 Å². The number of hydrogen-bond donors (Lipinski definition) is 2. The molecule has 9 nitrogen and oxygen atoms in total. The van der Waals surface area contributed by atoms with Gasteiger partial charge in [-0.3, -0.25) is 9.59 Å². The third-order valence-electron chi connectivity index (χ3n) is 6.02. The maximum absolute atomic E-state index is 12.8. The van der Waals surface area contributed by atoms with Gasteiger partial charge in [0.25, 0.3) is 0 Å². The zero-order chi connectivity index (χ0) is 20.7. The molecule has 11 heteroatoms. The van der Waals surface area contributed by atoms with E-state index < -0.39 is 54.1 Å². The van der Waals surface area contributed by atoms with E-state index in [0.717, 1.165) is 12.7 Å². The fraction of sp³-hybridized carbons (Fsp3) is 0.812. The van der Waals surface area contributed by atoms with Crippen LogP contribution in [0.2, 0.25) is 0 Å². The van der Waals surface area contributed by atoms with Gasteiger partial charge in [0.1, 0.15) is 28.2 Å². The largest absolute Gasteiger partial charge is 0.342 e. The van der Waals surface area contributed by atoms with Crippen molar-refractivity contribution < 1.29 is 26.4 Å². The maximum Gasteiger partial charge on any atom is 0.240 e. The molecule has 3 atom stereocenters. The summed E-state index contributed by atoms with van der Waals surface area (Å²) in [7, 11) is -7.81. The highest BCUT2D eigenvalue weighted by Gasteiger charge is 2.65. The molecule has 27 heavy (non-hydrogen) atoms. The molecule has 0 heterocycles. The van der Waals surface area contributed by atoms with Crippen LogP contribution in [0, 0.1) is 28.1 Å². The van der Waals surface area contributed by atoms with Crippen LogP contribution in [0.1, 0.15) is 33.1 Å². The number of Topliss-reactive ketones (excluding diaryl/α,β-unsaturated/α-hetero) is 1. The average molecular weight is 420 g/mol. The number of ketones is 1. The Bertz CT molecular complexity index is 888. The summed E-state index contributed by atoms with van der Waals surface area (Å²) in [5.41, 5.74) is -1.50. The van der Waals surface area contributed by atoms with E-state index in [1.165, 1.54) is 0 Å². The summed E-state index contributed by atoms with van der Waals surface area (Å²) in [5.74, 6) is -2.08. The molecule has 2 aliphatic rings. The second kappa shape index (κ2) is 7.14. The third-order valence-corrected chi connectivity index (χ3v) is 8.48. The molecule has 0 aliphatic heterocycles. The van der Waals surface area contributed by atoms with Gasteiger partial charge in [-0.05, 0) is 24.2 Å². The molecule has 2 fully saturated rings. The van der Waals surface area contributed by atoms with Gasteiger partial charge in [-0.15, -0.1) is 0 Å². The number of carbonyl (C=O) groups is 2. The lowest BCUT2D eigenvalue weighted by Gasteiger charge is -2.36. The van der Waals surface area contributed by atoms with E-state index in [1.807, 2.05) is 13.8 Å². The van der Waals surface area contributed by atoms with Crippen molar-refractivity contribution in [2.75, 3.05) is 24.3 Å². The minimum Gasteiger partial charge on any atom is -0.342 e. The van der Waals surface area contributed by atoms with E-state index in [2.05, 4.69) is 10.0 Å². The molecule has 2 saturated carbocycles. The monoisotopic (exact) mass is 419 g/mol. The first-order valence-electron chi connectivity index (χ1n) is 8.60. The second-order valence-electron chi connectivity index (χ2n) is 8.06. The first-order chi connectivity index (χ1) is 12.2. The zero-order valence-corrected chi connectivity index (χ0v) is 17.2. The quantitative estimate of drug-likeness (QED) is 0.496. The van der Waals surface area contributed by atoms with Crippen LogP contribution >= 0.6 is 0 Å². The Kier molecular flexibility index (Phi) is 5.76. The van der Waals surface area contributed by atoms with Gasteiger partial charge in [0.05, 0.1) is 17.6 Å². The molecule has 2 aliphatic carbocycles. The Balaban J connectivity index is 2.25. The van der Waals surface area contributed by atoms with E-state index in [-0.39, 0.29) is 18.2 Å². The molecular formula is C16H25N3O6S2. The van der Waals surface area contributed by atoms with Gasteiger partial charge in [-0.1, -0.05) is 13.8 Å². The van der Waals surface area contributed by atoms with Crippen LogP contribution in [0.15, 0.2) is 0 Å². The fourth-order valence-corrected chi connectivity index (χ4v) is 7.39. The number of amides is 1. The highest BCUT2D eigenvalue weighted by Crippen LogP contribution is 2.64. The Morgan fingerprint density at radius 2 is 1.96 bits per heavy atom. The van der Waals surface area contributed by atoms with Gasteiger partial charge >= 0.3 is 0 Å². The van der Waals surface area contributed by atoms with Crippen molar-refractivity contribution in [3.05, 3.63) is 0 Å². The Morgan fingerprint density at radius 1 is 1.33 bits per heavy atom. The first kappa shape index (κ1) is 21.8. The van der Waals surface area contributed by atoms with Gasteiger partial charge in [0, 0.05) is 18.1 Å². The number of nitrogens with one attached hydrogen (secondary N) is 2. The minimum absolute atomic E-state index is 0.0947. The van der Waals surface area contributed by atoms with Gasteiger partial charge in [0.2, 0.25) is 15.9 Å². The molecule has 0 saturated heterocycles. The molecule has 0 aromatic rings. The number of fused-ring (bicyclic) bond motifs is 2. The summed E-state index contributed by atoms with van der Waals surface area (Å²) in [6.07, 6.45) is 2.46. The van der Waals surface area contributed by atoms with Crippen molar-refractivity contribution in [2.24, 2.45) is 16.7 Å². The maximum atomic E-state index is 12.8. The summed E-state index contributed by atoms with van der Waals surface area (Å²) in [4.78, 5) is 24.7. The van der Waals surface area contributed by atoms with Gasteiger partial charge in [-0.25, -0.2) is 21.6 Å². The molecule has 0 aromatic carbocycles. The summed E-state index contributed by atoms with van der Waals surface area (Å²) in [6, 6.07) is 0.108. The number of hydrogen-bond acceptors (Lipinski definition) is 7.